The van der Waals surface area contributed by atoms with E-state index in [4.69, 9.17) is 0 Å². The van der Waals surface area contributed by atoms with Crippen molar-refractivity contribution >= 4 is 36.8 Å². The Morgan fingerprint density at radius 2 is 0.833 bits per heavy atom. The molecule has 0 radical (unpaired) electrons. The molecule has 0 bridgehead atoms. The molecule has 0 fully saturated rings. The van der Waals surface area contributed by atoms with Crippen LogP contribution in [0.25, 0.3) is 0 Å². The Morgan fingerprint density at radius 3 is 0.833 bits per heavy atom. The molecule has 0 aromatic carbocycles. The second-order valence-electron chi connectivity index (χ2n) is 2.45. The Labute approximate surface area is 59.9 Å². The molecule has 0 aromatic rings. The fraction of sp³-hybridized carbons (Fsp3) is 1.00. The van der Waals surface area contributed by atoms with Crippen LogP contribution in [0.4, 0.5) is 0 Å². The molecular formula is C4H13ISe. The first-order valence-electron chi connectivity index (χ1n) is 1.63. The van der Waals surface area contributed by atoms with Gasteiger partial charge in [0, 0.05) is 0 Å². The fourth-order valence-electron chi connectivity index (χ4n) is 0. The molecular weight excluding hydrogens is 254 g/mol. The maximum absolute atomic E-state index is 2.34. The van der Waals surface area contributed by atoms with Gasteiger partial charge >= 0.3 is 36.1 Å². The summed E-state index contributed by atoms with van der Waals surface area (Å²) in [6.07, 6.45) is 0. The van der Waals surface area contributed by atoms with Crippen LogP contribution in [0.15, 0.2) is 0 Å². The summed E-state index contributed by atoms with van der Waals surface area (Å²) < 4.78 is 0. The summed E-state index contributed by atoms with van der Waals surface area (Å²) in [7, 11) is 0. The first-order chi connectivity index (χ1) is 2.00. The molecule has 0 atom stereocenters. The molecule has 42 valence electrons. The summed E-state index contributed by atoms with van der Waals surface area (Å²) in [6.45, 7) is 0. The van der Waals surface area contributed by atoms with E-state index >= 15 is 0 Å². The summed E-state index contributed by atoms with van der Waals surface area (Å²) in [5.41, 5.74) is 0. The normalized spacial score (nSPS) is 12.7. The summed E-state index contributed by atoms with van der Waals surface area (Å²) in [4.78, 5) is 0. The minimum absolute atomic E-state index is 0. The Bertz CT molecular complexity index is 23.0. The topological polar surface area (TPSA) is 0 Å². The maximum atomic E-state index is 2.34. The van der Waals surface area contributed by atoms with E-state index in [2.05, 4.69) is 23.3 Å². The second-order valence-corrected chi connectivity index (χ2v) is 12.7. The van der Waals surface area contributed by atoms with Crippen LogP contribution in [0.3, 0.4) is 0 Å². The van der Waals surface area contributed by atoms with E-state index in [0.29, 0.717) is 0 Å². The third-order valence-electron chi connectivity index (χ3n) is 0. The van der Waals surface area contributed by atoms with Gasteiger partial charge in [0.15, 0.2) is 0 Å². The van der Waals surface area contributed by atoms with Crippen molar-refractivity contribution in [1.82, 2.24) is 0 Å². The van der Waals surface area contributed by atoms with E-state index in [-0.39, 0.29) is 24.0 Å². The molecule has 0 heterocycles. The van der Waals surface area contributed by atoms with Crippen molar-refractivity contribution in [2.45, 2.75) is 23.3 Å². The van der Waals surface area contributed by atoms with Crippen LogP contribution in [0, 0.1) is 0 Å². The van der Waals surface area contributed by atoms with Crippen molar-refractivity contribution in [3.63, 3.8) is 0 Å². The average molecular weight is 267 g/mol. The van der Waals surface area contributed by atoms with E-state index in [9.17, 15) is 0 Å². The first-order valence-corrected chi connectivity index (χ1v) is 8.49. The molecule has 0 saturated carbocycles. The van der Waals surface area contributed by atoms with E-state index in [1.807, 2.05) is 0 Å². The predicted molar refractivity (Wildman–Crippen MR) is 44.6 cm³/mol. The molecule has 0 amide bonds. The SMILES string of the molecule is C[Se](C)(C)C.I. The summed E-state index contributed by atoms with van der Waals surface area (Å²) in [6, 6.07) is 0. The minimum atomic E-state index is -0.750. The van der Waals surface area contributed by atoms with Gasteiger partial charge in [0.25, 0.3) is 0 Å². The van der Waals surface area contributed by atoms with Gasteiger partial charge in [-0.25, -0.2) is 0 Å². The van der Waals surface area contributed by atoms with Gasteiger partial charge in [0.2, 0.25) is 0 Å². The molecule has 2 heteroatoms. The van der Waals surface area contributed by atoms with Gasteiger partial charge in [0.05, 0.1) is 0 Å². The second kappa shape index (κ2) is 3.28. The molecule has 0 aliphatic rings. The van der Waals surface area contributed by atoms with E-state index in [1.54, 1.807) is 0 Å². The molecule has 0 aliphatic carbocycles. The van der Waals surface area contributed by atoms with Gasteiger partial charge < -0.3 is 0 Å². The third kappa shape index (κ3) is 60.7. The van der Waals surface area contributed by atoms with Crippen LogP contribution < -0.4 is 0 Å². The zero-order valence-corrected chi connectivity index (χ0v) is 8.86. The van der Waals surface area contributed by atoms with Crippen molar-refractivity contribution in [2.24, 2.45) is 0 Å². The molecule has 0 N–H and O–H groups in total. The molecule has 0 saturated heterocycles. The monoisotopic (exact) mass is 268 g/mol. The predicted octanol–water partition coefficient (Wildman–Crippen LogP) is 2.57. The van der Waals surface area contributed by atoms with Crippen molar-refractivity contribution in [3.05, 3.63) is 0 Å². The molecule has 6 heavy (non-hydrogen) atoms. The molecule has 0 unspecified atom stereocenters. The standard InChI is InChI=1S/C4H12Se.HI/c1-5(2,3)4;/h1-4H3;1H. The van der Waals surface area contributed by atoms with Crippen molar-refractivity contribution in [1.29, 1.82) is 0 Å². The van der Waals surface area contributed by atoms with Crippen molar-refractivity contribution < 1.29 is 0 Å². The van der Waals surface area contributed by atoms with Crippen molar-refractivity contribution in [2.75, 3.05) is 0 Å². The van der Waals surface area contributed by atoms with E-state index in [1.165, 1.54) is 0 Å². The van der Waals surface area contributed by atoms with Gasteiger partial charge in [0.1, 0.15) is 0 Å². The molecule has 0 aliphatic heterocycles. The fourth-order valence-corrected chi connectivity index (χ4v) is 0. The van der Waals surface area contributed by atoms with Crippen LogP contribution in [-0.4, -0.2) is 12.8 Å². The molecule has 0 spiro atoms. The van der Waals surface area contributed by atoms with Crippen LogP contribution in [-0.2, 0) is 0 Å². The Morgan fingerprint density at radius 1 is 0.833 bits per heavy atom. The zero-order valence-electron chi connectivity index (χ0n) is 4.82. The number of rotatable bonds is 0. The molecule has 0 rings (SSSR count). The smallest absolute Gasteiger partial charge is 0.107 e. The van der Waals surface area contributed by atoms with Gasteiger partial charge in [-0.05, 0) is 0 Å². The Balaban J connectivity index is 0. The van der Waals surface area contributed by atoms with Gasteiger partial charge in [-0.15, -0.1) is 24.0 Å². The summed E-state index contributed by atoms with van der Waals surface area (Å²) in [5.74, 6) is 9.38. The minimum Gasteiger partial charge on any atom is -0.107 e. The number of halogens is 1. The van der Waals surface area contributed by atoms with Crippen LogP contribution >= 0.6 is 24.0 Å². The molecule has 0 nitrogen and oxygen atoms in total. The van der Waals surface area contributed by atoms with E-state index in [0.717, 1.165) is 0 Å². The average Bonchev–Trinajstić information content (AvgIpc) is 0.722. The van der Waals surface area contributed by atoms with Crippen LogP contribution in [0.1, 0.15) is 0 Å². The Hall–Kier alpha value is 1.25. The summed E-state index contributed by atoms with van der Waals surface area (Å²) in [5, 5.41) is 0. The maximum Gasteiger partial charge on any atom is -0.107 e. The quantitative estimate of drug-likeness (QED) is 0.467. The van der Waals surface area contributed by atoms with Gasteiger partial charge in [-0.3, -0.25) is 0 Å². The van der Waals surface area contributed by atoms with Crippen LogP contribution in [0.5, 0.6) is 0 Å². The largest absolute Gasteiger partial charge is 0.107 e. The number of hydrogen-bond acceptors (Lipinski definition) is 0. The molecule has 0 aromatic heterocycles. The van der Waals surface area contributed by atoms with Crippen molar-refractivity contribution in [3.8, 4) is 0 Å². The summed E-state index contributed by atoms with van der Waals surface area (Å²) >= 11 is -0.750. The number of hydrogen-bond donors (Lipinski definition) is 0. The Kier molecular flexibility index (Phi) is 5.61. The van der Waals surface area contributed by atoms with Gasteiger partial charge in [-0.2, -0.15) is 0 Å². The van der Waals surface area contributed by atoms with E-state index < -0.39 is 12.8 Å². The van der Waals surface area contributed by atoms with Crippen LogP contribution in [0.2, 0.25) is 23.3 Å². The first kappa shape index (κ1) is 10.3. The third-order valence-corrected chi connectivity index (χ3v) is 0. The zero-order chi connectivity index (χ0) is 4.50. The van der Waals surface area contributed by atoms with Gasteiger partial charge in [-0.1, -0.05) is 0 Å².